The first kappa shape index (κ1) is 10.4. The smallest absolute Gasteiger partial charge is 0.108 e. The third-order valence-electron chi connectivity index (χ3n) is 2.78. The van der Waals surface area contributed by atoms with Gasteiger partial charge in [-0.2, -0.15) is 0 Å². The first-order valence-corrected chi connectivity index (χ1v) is 6.43. The predicted molar refractivity (Wildman–Crippen MR) is 74.4 cm³/mol. The summed E-state index contributed by atoms with van der Waals surface area (Å²) >= 11 is 1.75. The Morgan fingerprint density at radius 3 is 1.76 bits per heavy atom. The molecule has 0 aliphatic carbocycles. The summed E-state index contributed by atoms with van der Waals surface area (Å²) in [6, 6.07) is 8.01. The van der Waals surface area contributed by atoms with Gasteiger partial charge in [0.05, 0.1) is 20.1 Å². The molecule has 0 aliphatic rings. The maximum Gasteiger partial charge on any atom is 0.108 e. The predicted octanol–water partition coefficient (Wildman–Crippen LogP) is 2.45. The molecule has 17 heavy (non-hydrogen) atoms. The van der Waals surface area contributed by atoms with Crippen LogP contribution in [-0.2, 0) is 0 Å². The van der Waals surface area contributed by atoms with Crippen molar-refractivity contribution in [2.24, 2.45) is 0 Å². The highest BCUT2D eigenvalue weighted by atomic mass is 32.1. The zero-order valence-electron chi connectivity index (χ0n) is 9.77. The van der Waals surface area contributed by atoms with Crippen LogP contribution in [0.2, 0.25) is 0 Å². The molecule has 0 saturated carbocycles. The molecule has 0 radical (unpaired) electrons. The summed E-state index contributed by atoms with van der Waals surface area (Å²) in [7, 11) is 0. The molecule has 84 valence electrons. The van der Waals surface area contributed by atoms with E-state index in [1.165, 1.54) is 9.06 Å². The van der Waals surface area contributed by atoms with Crippen molar-refractivity contribution in [2.45, 2.75) is 13.8 Å². The number of aromatic nitrogens is 2. The summed E-state index contributed by atoms with van der Waals surface area (Å²) in [5, 5.41) is 0. The number of para-hydroxylation sites is 2. The monoisotopic (exact) mass is 240 g/mol. The van der Waals surface area contributed by atoms with Crippen LogP contribution in [0.4, 0.5) is 0 Å². The molecule has 3 heteroatoms. The molecule has 0 spiro atoms. The fourth-order valence-corrected chi connectivity index (χ4v) is 2.90. The molecule has 3 rings (SSSR count). The molecule has 0 N–H and O–H groups in total. The van der Waals surface area contributed by atoms with E-state index in [-0.39, 0.29) is 0 Å². The van der Waals surface area contributed by atoms with Gasteiger partial charge >= 0.3 is 0 Å². The molecule has 0 atom stereocenters. The minimum absolute atomic E-state index is 0.962. The molecule has 2 heterocycles. The number of thiophene rings is 1. The summed E-state index contributed by atoms with van der Waals surface area (Å²) < 4.78 is 2.40. The number of hydrogen-bond donors (Lipinski definition) is 0. The molecule has 0 amide bonds. The molecular formula is C14H12N2S. The highest BCUT2D eigenvalue weighted by Crippen LogP contribution is 2.12. The minimum atomic E-state index is 0.962. The number of hydrogen-bond acceptors (Lipinski definition) is 3. The van der Waals surface area contributed by atoms with Crippen molar-refractivity contribution in [3.05, 3.63) is 33.3 Å². The van der Waals surface area contributed by atoms with E-state index in [0.29, 0.717) is 0 Å². The van der Waals surface area contributed by atoms with Crippen molar-refractivity contribution >= 4 is 45.6 Å². The Morgan fingerprint density at radius 1 is 0.882 bits per heavy atom. The molecule has 0 aliphatic heterocycles. The lowest BCUT2D eigenvalue weighted by atomic mass is 10.3. The summed E-state index contributed by atoms with van der Waals surface area (Å²) in [6.07, 6.45) is 4.20. The molecule has 2 aromatic heterocycles. The molecule has 1 aromatic carbocycles. The van der Waals surface area contributed by atoms with E-state index in [1.807, 2.05) is 38.1 Å². The number of fused-ring (bicyclic) bond motifs is 2. The third-order valence-corrected chi connectivity index (χ3v) is 4.08. The van der Waals surface area contributed by atoms with Crippen LogP contribution in [0.3, 0.4) is 0 Å². The van der Waals surface area contributed by atoms with Gasteiger partial charge in [-0.1, -0.05) is 24.3 Å². The Balaban J connectivity index is 2.63. The lowest BCUT2D eigenvalue weighted by Crippen LogP contribution is -1.96. The van der Waals surface area contributed by atoms with E-state index in [2.05, 4.69) is 12.2 Å². The van der Waals surface area contributed by atoms with Crippen molar-refractivity contribution in [3.63, 3.8) is 0 Å². The van der Waals surface area contributed by atoms with Gasteiger partial charge in [0.2, 0.25) is 0 Å². The number of benzene rings is 1. The van der Waals surface area contributed by atoms with Gasteiger partial charge in [0.25, 0.3) is 0 Å². The zero-order valence-corrected chi connectivity index (χ0v) is 10.6. The lowest BCUT2D eigenvalue weighted by Gasteiger charge is -1.96. The summed E-state index contributed by atoms with van der Waals surface area (Å²) in [6.45, 7) is 4.09. The molecular weight excluding hydrogens is 228 g/mol. The van der Waals surface area contributed by atoms with E-state index in [4.69, 9.17) is 9.97 Å². The zero-order chi connectivity index (χ0) is 11.8. The van der Waals surface area contributed by atoms with Crippen molar-refractivity contribution in [1.82, 2.24) is 9.97 Å². The highest BCUT2D eigenvalue weighted by molar-refractivity contribution is 7.09. The van der Waals surface area contributed by atoms with Crippen molar-refractivity contribution in [3.8, 4) is 0 Å². The van der Waals surface area contributed by atoms with Gasteiger partial charge in [0.15, 0.2) is 0 Å². The molecule has 3 aromatic rings. The summed E-state index contributed by atoms with van der Waals surface area (Å²) in [5.41, 5.74) is 3.96. The molecule has 0 saturated heterocycles. The molecule has 0 bridgehead atoms. The average molecular weight is 240 g/mol. The van der Waals surface area contributed by atoms with E-state index in [1.54, 1.807) is 11.3 Å². The lowest BCUT2D eigenvalue weighted by molar-refractivity contribution is 1.40. The fraction of sp³-hybridized carbons (Fsp3) is 0.143. The van der Waals surface area contributed by atoms with Gasteiger partial charge < -0.3 is 0 Å². The van der Waals surface area contributed by atoms with Crippen LogP contribution >= 0.6 is 11.3 Å². The molecule has 0 unspecified atom stereocenters. The van der Waals surface area contributed by atoms with Crippen LogP contribution in [0.5, 0.6) is 0 Å². The third kappa shape index (κ3) is 1.54. The largest absolute Gasteiger partial charge is 0.243 e. The maximum absolute atomic E-state index is 4.71. The van der Waals surface area contributed by atoms with Crippen LogP contribution in [0.25, 0.3) is 34.2 Å². The first-order chi connectivity index (χ1) is 8.33. The Kier molecular flexibility index (Phi) is 2.41. The Bertz CT molecular complexity index is 748. The van der Waals surface area contributed by atoms with Crippen molar-refractivity contribution in [1.29, 1.82) is 0 Å². The maximum atomic E-state index is 4.71. The van der Waals surface area contributed by atoms with Gasteiger partial charge in [0, 0.05) is 0 Å². The van der Waals surface area contributed by atoms with Crippen LogP contribution < -0.4 is 9.06 Å². The van der Waals surface area contributed by atoms with Gasteiger partial charge in [-0.25, -0.2) is 9.97 Å². The quantitative estimate of drug-likeness (QED) is 0.603. The first-order valence-electron chi connectivity index (χ1n) is 5.61. The van der Waals surface area contributed by atoms with Crippen LogP contribution in [0, 0.1) is 0 Å². The number of nitrogens with zero attached hydrogens (tertiary/aromatic N) is 2. The van der Waals surface area contributed by atoms with Crippen LogP contribution in [-0.4, -0.2) is 9.97 Å². The number of rotatable bonds is 0. The van der Waals surface area contributed by atoms with Gasteiger partial charge in [-0.3, -0.25) is 0 Å². The Morgan fingerprint density at radius 2 is 1.35 bits per heavy atom. The van der Waals surface area contributed by atoms with E-state index in [9.17, 15) is 0 Å². The highest BCUT2D eigenvalue weighted by Gasteiger charge is 2.05. The second-order valence-corrected chi connectivity index (χ2v) is 4.90. The summed E-state index contributed by atoms with van der Waals surface area (Å²) in [5.74, 6) is 0. The SMILES string of the molecule is CC=c1sc(=CC)c2nc3ccccc3nc12. The fourth-order valence-electron chi connectivity index (χ4n) is 1.95. The second-order valence-electron chi connectivity index (χ2n) is 3.82. The van der Waals surface area contributed by atoms with E-state index >= 15 is 0 Å². The average Bonchev–Trinajstić information content (AvgIpc) is 2.73. The van der Waals surface area contributed by atoms with Gasteiger partial charge in [-0.15, -0.1) is 11.3 Å². The van der Waals surface area contributed by atoms with E-state index in [0.717, 1.165) is 22.1 Å². The van der Waals surface area contributed by atoms with Gasteiger partial charge in [-0.05, 0) is 26.0 Å². The molecule has 0 fully saturated rings. The normalized spacial score (nSPS) is 14.0. The summed E-state index contributed by atoms with van der Waals surface area (Å²) in [4.78, 5) is 9.43. The van der Waals surface area contributed by atoms with Gasteiger partial charge in [0.1, 0.15) is 11.0 Å². The Hall–Kier alpha value is -1.74. The molecule has 2 nitrogen and oxygen atoms in total. The van der Waals surface area contributed by atoms with Crippen molar-refractivity contribution in [2.75, 3.05) is 0 Å². The van der Waals surface area contributed by atoms with Crippen molar-refractivity contribution < 1.29 is 0 Å². The minimum Gasteiger partial charge on any atom is -0.243 e. The van der Waals surface area contributed by atoms with E-state index < -0.39 is 0 Å². The Labute approximate surface area is 103 Å². The topological polar surface area (TPSA) is 25.8 Å². The standard InChI is InChI=1S/C14H12N2S/c1-3-11-13-14(12(4-2)17-11)16-10-8-6-5-7-9(10)15-13/h3-8H,1-2H3. The van der Waals surface area contributed by atoms with Crippen LogP contribution in [0.15, 0.2) is 24.3 Å². The van der Waals surface area contributed by atoms with Crippen LogP contribution in [0.1, 0.15) is 13.8 Å². The second kappa shape index (κ2) is 3.93.